The average Bonchev–Trinajstić information content (AvgIpc) is 2.97. The van der Waals surface area contributed by atoms with Crippen LogP contribution in [0.5, 0.6) is 0 Å². The molecular weight excluding hydrogens is 300 g/mol. The van der Waals surface area contributed by atoms with E-state index < -0.39 is 0 Å². The monoisotopic (exact) mass is 326 g/mol. The molecule has 3 rings (SSSR count). The lowest BCUT2D eigenvalue weighted by Gasteiger charge is -2.34. The van der Waals surface area contributed by atoms with Crippen LogP contribution in [0.15, 0.2) is 34.8 Å². The predicted molar refractivity (Wildman–Crippen MR) is 97.9 cm³/mol. The molecule has 1 aliphatic rings. The maximum atomic E-state index is 12.5. The van der Waals surface area contributed by atoms with Crippen LogP contribution in [0.4, 0.5) is 0 Å². The number of fused-ring (bicyclic) bond motifs is 1. The van der Waals surface area contributed by atoms with Crippen molar-refractivity contribution in [1.82, 2.24) is 9.80 Å². The van der Waals surface area contributed by atoms with E-state index in [9.17, 15) is 4.79 Å². The molecular formula is C20H26N2O2. The molecule has 1 aromatic carbocycles. The Morgan fingerprint density at radius 2 is 2.04 bits per heavy atom. The van der Waals surface area contributed by atoms with E-state index in [0.717, 1.165) is 54.6 Å². The van der Waals surface area contributed by atoms with Crippen LogP contribution in [0.2, 0.25) is 0 Å². The van der Waals surface area contributed by atoms with E-state index >= 15 is 0 Å². The molecule has 0 unspecified atom stereocenters. The van der Waals surface area contributed by atoms with Crippen molar-refractivity contribution in [2.24, 2.45) is 0 Å². The largest absolute Gasteiger partial charge is 0.460 e. The number of hydrogen-bond acceptors (Lipinski definition) is 3. The fourth-order valence-electron chi connectivity index (χ4n) is 3.40. The Hall–Kier alpha value is -2.07. The Morgan fingerprint density at radius 3 is 2.75 bits per heavy atom. The number of aryl methyl sites for hydroxylation is 1. The van der Waals surface area contributed by atoms with E-state index in [2.05, 4.69) is 18.9 Å². The van der Waals surface area contributed by atoms with Crippen molar-refractivity contribution in [2.45, 2.75) is 32.2 Å². The minimum absolute atomic E-state index is 0.0666. The Labute approximate surface area is 143 Å². The number of hydrogen-bond donors (Lipinski definition) is 0. The van der Waals surface area contributed by atoms with E-state index in [1.165, 1.54) is 0 Å². The number of furan rings is 1. The van der Waals surface area contributed by atoms with Gasteiger partial charge in [-0.3, -0.25) is 4.79 Å². The molecule has 0 saturated carbocycles. The van der Waals surface area contributed by atoms with Gasteiger partial charge in [-0.05, 0) is 45.1 Å². The summed E-state index contributed by atoms with van der Waals surface area (Å²) < 4.78 is 5.89. The Bertz CT molecular complexity index is 739. The van der Waals surface area contributed by atoms with Gasteiger partial charge in [0.25, 0.3) is 0 Å². The summed E-state index contributed by atoms with van der Waals surface area (Å²) in [5, 5.41) is 1.07. The second kappa shape index (κ2) is 7.22. The summed E-state index contributed by atoms with van der Waals surface area (Å²) in [5.41, 5.74) is 1.91. The summed E-state index contributed by atoms with van der Waals surface area (Å²) in [6.45, 7) is 4.18. The zero-order valence-corrected chi connectivity index (χ0v) is 14.8. The van der Waals surface area contributed by atoms with Gasteiger partial charge in [0.05, 0.1) is 0 Å². The van der Waals surface area contributed by atoms with E-state index in [1.807, 2.05) is 42.3 Å². The fraction of sp³-hybridized carbons (Fsp3) is 0.450. The van der Waals surface area contributed by atoms with E-state index in [1.54, 1.807) is 6.08 Å². The van der Waals surface area contributed by atoms with Crippen molar-refractivity contribution in [1.29, 1.82) is 0 Å². The first-order valence-electron chi connectivity index (χ1n) is 8.74. The van der Waals surface area contributed by atoms with Crippen molar-refractivity contribution in [3.8, 4) is 0 Å². The average molecular weight is 326 g/mol. The maximum absolute atomic E-state index is 12.5. The van der Waals surface area contributed by atoms with Crippen molar-refractivity contribution in [3.05, 3.63) is 41.7 Å². The van der Waals surface area contributed by atoms with Crippen molar-refractivity contribution >= 4 is 23.0 Å². The van der Waals surface area contributed by atoms with Gasteiger partial charge in [-0.1, -0.05) is 25.1 Å². The van der Waals surface area contributed by atoms with Gasteiger partial charge in [0.2, 0.25) is 5.91 Å². The normalized spacial score (nSPS) is 17.0. The quantitative estimate of drug-likeness (QED) is 0.806. The number of likely N-dealkylation sites (N-methyl/N-ethyl adjacent to an activating group) is 1. The Kier molecular flexibility index (Phi) is 5.05. The summed E-state index contributed by atoms with van der Waals surface area (Å²) >= 11 is 0. The Morgan fingerprint density at radius 1 is 1.33 bits per heavy atom. The van der Waals surface area contributed by atoms with Gasteiger partial charge >= 0.3 is 0 Å². The van der Waals surface area contributed by atoms with E-state index in [-0.39, 0.29) is 5.91 Å². The zero-order chi connectivity index (χ0) is 17.1. The van der Waals surface area contributed by atoms with Crippen molar-refractivity contribution < 1.29 is 9.21 Å². The Balaban J connectivity index is 1.76. The molecule has 4 nitrogen and oxygen atoms in total. The lowest BCUT2D eigenvalue weighted by molar-refractivity contribution is -0.127. The SMILES string of the molecule is CCc1oc2ccccc2c1/C=C\C(=O)N(C)C1CCN(C)CC1. The van der Waals surface area contributed by atoms with Gasteiger partial charge in [-0.15, -0.1) is 0 Å². The molecule has 1 aliphatic heterocycles. The molecule has 0 atom stereocenters. The van der Waals surface area contributed by atoms with Crippen LogP contribution < -0.4 is 0 Å². The van der Waals surface area contributed by atoms with Gasteiger partial charge in [-0.25, -0.2) is 0 Å². The number of carbonyl (C=O) groups excluding carboxylic acids is 1. The van der Waals surface area contributed by atoms with Crippen LogP contribution in [0, 0.1) is 0 Å². The zero-order valence-electron chi connectivity index (χ0n) is 14.8. The predicted octanol–water partition coefficient (Wildman–Crippen LogP) is 3.56. The molecule has 1 fully saturated rings. The molecule has 2 heterocycles. The summed E-state index contributed by atoms with van der Waals surface area (Å²) in [7, 11) is 4.05. The highest BCUT2D eigenvalue weighted by atomic mass is 16.3. The van der Waals surface area contributed by atoms with E-state index in [0.29, 0.717) is 6.04 Å². The molecule has 128 valence electrons. The fourth-order valence-corrected chi connectivity index (χ4v) is 3.40. The first-order chi connectivity index (χ1) is 11.6. The highest BCUT2D eigenvalue weighted by Gasteiger charge is 2.22. The molecule has 1 amide bonds. The van der Waals surface area contributed by atoms with Crippen molar-refractivity contribution in [2.75, 3.05) is 27.2 Å². The third kappa shape index (κ3) is 3.39. The molecule has 0 spiro atoms. The standard InChI is InChI=1S/C20H26N2O2/c1-4-18-17(16-7-5-6-8-19(16)24-18)9-10-20(23)22(3)15-11-13-21(2)14-12-15/h5-10,15H,4,11-14H2,1-3H3/b10-9-. The van der Waals surface area contributed by atoms with Gasteiger partial charge < -0.3 is 14.2 Å². The minimum atomic E-state index is 0.0666. The molecule has 0 bridgehead atoms. The minimum Gasteiger partial charge on any atom is -0.460 e. The molecule has 0 radical (unpaired) electrons. The highest BCUT2D eigenvalue weighted by molar-refractivity contribution is 5.96. The summed E-state index contributed by atoms with van der Waals surface area (Å²) in [6.07, 6.45) is 6.50. The number of carbonyl (C=O) groups is 1. The molecule has 24 heavy (non-hydrogen) atoms. The molecule has 2 aromatic rings. The van der Waals surface area contributed by atoms with Crippen LogP contribution in [0.25, 0.3) is 17.0 Å². The molecule has 0 N–H and O–H groups in total. The molecule has 0 aliphatic carbocycles. The van der Waals surface area contributed by atoms with Crippen LogP contribution in [-0.4, -0.2) is 48.9 Å². The van der Waals surface area contributed by atoms with Crippen LogP contribution in [-0.2, 0) is 11.2 Å². The van der Waals surface area contributed by atoms with Crippen LogP contribution >= 0.6 is 0 Å². The van der Waals surface area contributed by atoms with Crippen LogP contribution in [0.3, 0.4) is 0 Å². The number of likely N-dealkylation sites (tertiary alicyclic amines) is 1. The molecule has 4 heteroatoms. The van der Waals surface area contributed by atoms with Gasteiger partial charge in [0.15, 0.2) is 0 Å². The number of para-hydroxylation sites is 1. The third-order valence-electron chi connectivity index (χ3n) is 5.01. The second-order valence-electron chi connectivity index (χ2n) is 6.61. The van der Waals surface area contributed by atoms with Crippen molar-refractivity contribution in [3.63, 3.8) is 0 Å². The second-order valence-corrected chi connectivity index (χ2v) is 6.61. The van der Waals surface area contributed by atoms with E-state index in [4.69, 9.17) is 4.42 Å². The maximum Gasteiger partial charge on any atom is 0.246 e. The van der Waals surface area contributed by atoms with Gasteiger partial charge in [0, 0.05) is 36.5 Å². The first kappa shape index (κ1) is 16.8. The summed E-state index contributed by atoms with van der Waals surface area (Å²) in [4.78, 5) is 16.8. The van der Waals surface area contributed by atoms with Crippen LogP contribution in [0.1, 0.15) is 31.1 Å². The summed E-state index contributed by atoms with van der Waals surface area (Å²) in [5.74, 6) is 0.999. The van der Waals surface area contributed by atoms with Gasteiger partial charge in [-0.2, -0.15) is 0 Å². The molecule has 1 saturated heterocycles. The summed E-state index contributed by atoms with van der Waals surface area (Å²) in [6, 6.07) is 8.32. The highest BCUT2D eigenvalue weighted by Crippen LogP contribution is 2.27. The molecule has 1 aromatic heterocycles. The number of piperidine rings is 1. The number of amides is 1. The van der Waals surface area contributed by atoms with Gasteiger partial charge in [0.1, 0.15) is 11.3 Å². The number of nitrogens with zero attached hydrogens (tertiary/aromatic N) is 2. The third-order valence-corrected chi connectivity index (χ3v) is 5.01. The number of benzene rings is 1. The topological polar surface area (TPSA) is 36.7 Å². The number of rotatable bonds is 4. The lowest BCUT2D eigenvalue weighted by Crippen LogP contribution is -2.43. The first-order valence-corrected chi connectivity index (χ1v) is 8.74. The smallest absolute Gasteiger partial charge is 0.246 e. The lowest BCUT2D eigenvalue weighted by atomic mass is 10.0.